The van der Waals surface area contributed by atoms with Crippen LogP contribution in [-0.2, 0) is 4.74 Å². The third-order valence-corrected chi connectivity index (χ3v) is 4.28. The van der Waals surface area contributed by atoms with Crippen molar-refractivity contribution in [3.63, 3.8) is 0 Å². The molecule has 1 heterocycles. The van der Waals surface area contributed by atoms with E-state index >= 15 is 0 Å². The lowest BCUT2D eigenvalue weighted by molar-refractivity contribution is 0.0527. The molecular formula is C18H22ClN3O3S. The molecule has 0 radical (unpaired) electrons. The van der Waals surface area contributed by atoms with Crippen LogP contribution in [-0.4, -0.2) is 35.7 Å². The normalized spacial score (nSPS) is 11.1. The Bertz CT molecular complexity index is 754. The number of nitrogens with one attached hydrogen (secondary N) is 2. The molecule has 0 aliphatic rings. The summed E-state index contributed by atoms with van der Waals surface area (Å²) in [7, 11) is 0. The summed E-state index contributed by atoms with van der Waals surface area (Å²) in [6.07, 6.45) is 0.134. The van der Waals surface area contributed by atoms with Crippen LogP contribution in [0, 0.1) is 0 Å². The summed E-state index contributed by atoms with van der Waals surface area (Å²) in [5.74, 6) is -0.237. The van der Waals surface area contributed by atoms with E-state index in [-0.39, 0.29) is 5.91 Å². The van der Waals surface area contributed by atoms with Crippen LogP contribution in [0.3, 0.4) is 0 Å². The van der Waals surface area contributed by atoms with Gasteiger partial charge in [-0.1, -0.05) is 23.7 Å². The summed E-state index contributed by atoms with van der Waals surface area (Å²) >= 11 is 7.27. The van der Waals surface area contributed by atoms with E-state index in [0.29, 0.717) is 30.2 Å². The van der Waals surface area contributed by atoms with Crippen LogP contribution in [0.4, 0.5) is 4.79 Å². The van der Waals surface area contributed by atoms with Crippen LogP contribution >= 0.6 is 22.9 Å². The highest BCUT2D eigenvalue weighted by molar-refractivity contribution is 7.13. The summed E-state index contributed by atoms with van der Waals surface area (Å²) in [4.78, 5) is 28.0. The number of ether oxygens (including phenoxy) is 1. The molecule has 26 heavy (non-hydrogen) atoms. The fourth-order valence-corrected chi connectivity index (χ4v) is 2.92. The molecule has 0 saturated carbocycles. The maximum atomic E-state index is 12.1. The van der Waals surface area contributed by atoms with Crippen LogP contribution in [0.1, 0.15) is 37.7 Å². The van der Waals surface area contributed by atoms with Gasteiger partial charge < -0.3 is 15.4 Å². The van der Waals surface area contributed by atoms with Crippen molar-refractivity contribution in [2.24, 2.45) is 0 Å². The number of hydrogen-bond donors (Lipinski definition) is 2. The zero-order chi connectivity index (χ0) is 19.2. The fourth-order valence-electron chi connectivity index (χ4n) is 1.99. The van der Waals surface area contributed by atoms with Gasteiger partial charge in [0.25, 0.3) is 5.91 Å². The number of benzene rings is 1. The molecule has 0 bridgehead atoms. The largest absolute Gasteiger partial charge is 0.444 e. The Hall–Kier alpha value is -2.12. The number of hydrogen-bond acceptors (Lipinski definition) is 5. The van der Waals surface area contributed by atoms with Crippen LogP contribution in [0.25, 0.3) is 10.6 Å². The average molecular weight is 396 g/mol. The average Bonchev–Trinajstić information content (AvgIpc) is 3.03. The molecular weight excluding hydrogens is 374 g/mol. The summed E-state index contributed by atoms with van der Waals surface area (Å²) in [5, 5.41) is 8.57. The van der Waals surface area contributed by atoms with E-state index < -0.39 is 11.7 Å². The van der Waals surface area contributed by atoms with Gasteiger partial charge in [-0.15, -0.1) is 11.3 Å². The van der Waals surface area contributed by atoms with Gasteiger partial charge >= 0.3 is 6.09 Å². The Morgan fingerprint density at radius 2 is 1.81 bits per heavy atom. The molecule has 2 aromatic rings. The third-order valence-electron chi connectivity index (χ3n) is 3.14. The van der Waals surface area contributed by atoms with E-state index in [1.165, 1.54) is 11.3 Å². The van der Waals surface area contributed by atoms with Gasteiger partial charge in [0, 0.05) is 29.1 Å². The smallest absolute Gasteiger partial charge is 0.407 e. The van der Waals surface area contributed by atoms with Crippen molar-refractivity contribution >= 4 is 34.9 Å². The minimum absolute atomic E-state index is 0.237. The van der Waals surface area contributed by atoms with Gasteiger partial charge in [-0.3, -0.25) is 4.79 Å². The maximum Gasteiger partial charge on any atom is 0.407 e. The zero-order valence-electron chi connectivity index (χ0n) is 15.0. The second kappa shape index (κ2) is 9.00. The lowest BCUT2D eigenvalue weighted by Crippen LogP contribution is -2.34. The Balaban J connectivity index is 1.73. The quantitative estimate of drug-likeness (QED) is 0.721. The van der Waals surface area contributed by atoms with Crippen molar-refractivity contribution in [1.82, 2.24) is 15.6 Å². The summed E-state index contributed by atoms with van der Waals surface area (Å²) < 4.78 is 5.13. The molecule has 2 rings (SSSR count). The Kier molecular flexibility index (Phi) is 6.99. The highest BCUT2D eigenvalue weighted by Crippen LogP contribution is 2.25. The van der Waals surface area contributed by atoms with Crippen LogP contribution in [0.2, 0.25) is 5.02 Å². The van der Waals surface area contributed by atoms with Crippen LogP contribution < -0.4 is 10.6 Å². The molecule has 2 amide bonds. The highest BCUT2D eigenvalue weighted by atomic mass is 35.5. The SMILES string of the molecule is CC(C)(C)OC(=O)NCCCNC(=O)c1csc(-c2ccc(Cl)cc2)n1. The van der Waals surface area contributed by atoms with Crippen molar-refractivity contribution in [1.29, 1.82) is 0 Å². The number of alkyl carbamates (subject to hydrolysis) is 1. The van der Waals surface area contributed by atoms with Crippen molar-refractivity contribution in [3.8, 4) is 10.6 Å². The van der Waals surface area contributed by atoms with Crippen molar-refractivity contribution in [2.75, 3.05) is 13.1 Å². The fraction of sp³-hybridized carbons (Fsp3) is 0.389. The van der Waals surface area contributed by atoms with Gasteiger partial charge in [0.05, 0.1) is 0 Å². The molecule has 0 atom stereocenters. The predicted octanol–water partition coefficient (Wildman–Crippen LogP) is 4.11. The van der Waals surface area contributed by atoms with Gasteiger partial charge in [-0.25, -0.2) is 9.78 Å². The van der Waals surface area contributed by atoms with Crippen molar-refractivity contribution in [2.45, 2.75) is 32.8 Å². The minimum atomic E-state index is -0.523. The molecule has 1 aromatic heterocycles. The van der Waals surface area contributed by atoms with Crippen molar-refractivity contribution in [3.05, 3.63) is 40.4 Å². The molecule has 0 aliphatic heterocycles. The van der Waals surface area contributed by atoms with Gasteiger partial charge in [0.2, 0.25) is 0 Å². The monoisotopic (exact) mass is 395 g/mol. The molecule has 0 spiro atoms. The molecule has 1 aromatic carbocycles. The number of carbonyl (C=O) groups excluding carboxylic acids is 2. The first-order valence-corrected chi connectivity index (χ1v) is 9.47. The second-order valence-electron chi connectivity index (χ2n) is 6.58. The molecule has 0 fully saturated rings. The first-order chi connectivity index (χ1) is 12.2. The zero-order valence-corrected chi connectivity index (χ0v) is 16.5. The van der Waals surface area contributed by atoms with E-state index in [0.717, 1.165) is 10.6 Å². The highest BCUT2D eigenvalue weighted by Gasteiger charge is 2.15. The molecule has 0 saturated heterocycles. The van der Waals surface area contributed by atoms with Crippen LogP contribution in [0.15, 0.2) is 29.6 Å². The molecule has 6 nitrogen and oxygen atoms in total. The van der Waals surface area contributed by atoms with Gasteiger partial charge in [0.15, 0.2) is 0 Å². The topological polar surface area (TPSA) is 80.3 Å². The number of nitrogens with zero attached hydrogens (tertiary/aromatic N) is 1. The van der Waals surface area contributed by atoms with E-state index in [4.69, 9.17) is 16.3 Å². The molecule has 0 aliphatic carbocycles. The lowest BCUT2D eigenvalue weighted by atomic mass is 10.2. The Morgan fingerprint density at radius 3 is 2.46 bits per heavy atom. The lowest BCUT2D eigenvalue weighted by Gasteiger charge is -2.19. The van der Waals surface area contributed by atoms with Gasteiger partial charge in [-0.2, -0.15) is 0 Å². The van der Waals surface area contributed by atoms with Crippen molar-refractivity contribution < 1.29 is 14.3 Å². The van der Waals surface area contributed by atoms with E-state index in [9.17, 15) is 9.59 Å². The molecule has 8 heteroatoms. The Morgan fingerprint density at radius 1 is 1.15 bits per heavy atom. The second-order valence-corrected chi connectivity index (χ2v) is 7.88. The molecule has 2 N–H and O–H groups in total. The first kappa shape index (κ1) is 20.2. The summed E-state index contributed by atoms with van der Waals surface area (Å²) in [6, 6.07) is 7.31. The van der Waals surface area contributed by atoms with E-state index in [1.54, 1.807) is 38.3 Å². The number of amides is 2. The van der Waals surface area contributed by atoms with E-state index in [2.05, 4.69) is 15.6 Å². The number of aromatic nitrogens is 1. The summed E-state index contributed by atoms with van der Waals surface area (Å²) in [6.45, 7) is 6.27. The number of thiazole rings is 1. The summed E-state index contributed by atoms with van der Waals surface area (Å²) in [5.41, 5.74) is 0.769. The standard InChI is InChI=1S/C18H22ClN3O3S/c1-18(2,3)25-17(24)21-10-4-9-20-15(23)14-11-26-16(22-14)12-5-7-13(19)8-6-12/h5-8,11H,4,9-10H2,1-3H3,(H,20,23)(H,21,24). The van der Waals surface area contributed by atoms with Gasteiger partial charge in [0.1, 0.15) is 16.3 Å². The number of carbonyl (C=O) groups is 2. The Labute approximate surface area is 161 Å². The number of rotatable bonds is 6. The minimum Gasteiger partial charge on any atom is -0.444 e. The van der Waals surface area contributed by atoms with Crippen LogP contribution in [0.5, 0.6) is 0 Å². The molecule has 0 unspecified atom stereocenters. The van der Waals surface area contributed by atoms with Gasteiger partial charge in [-0.05, 0) is 39.3 Å². The predicted molar refractivity (Wildman–Crippen MR) is 104 cm³/mol. The van der Waals surface area contributed by atoms with E-state index in [1.807, 2.05) is 12.1 Å². The third kappa shape index (κ3) is 6.65. The maximum absolute atomic E-state index is 12.1. The number of halogens is 1. The first-order valence-electron chi connectivity index (χ1n) is 8.21. The molecule has 140 valence electrons.